The summed E-state index contributed by atoms with van der Waals surface area (Å²) in [6.07, 6.45) is -11.6. The summed E-state index contributed by atoms with van der Waals surface area (Å²) in [5.41, 5.74) is 0. The summed E-state index contributed by atoms with van der Waals surface area (Å²) in [7, 11) is -6.41. The molecule has 0 aliphatic carbocycles. The first-order valence-corrected chi connectivity index (χ1v) is 5.55. The highest BCUT2D eigenvalue weighted by Crippen LogP contribution is 2.38. The molecule has 1 rings (SSSR count). The van der Waals surface area contributed by atoms with E-state index in [2.05, 4.69) is 9.47 Å². The first-order valence-electron chi connectivity index (χ1n) is 4.11. The van der Waals surface area contributed by atoms with Gasteiger partial charge in [-0.25, -0.2) is 4.79 Å². The molecule has 12 heteroatoms. The number of alkyl halides is 5. The number of carbonyl (C=O) groups is 1. The second-order valence-corrected chi connectivity index (χ2v) is 4.71. The van der Waals surface area contributed by atoms with Gasteiger partial charge in [-0.1, -0.05) is 0 Å². The van der Waals surface area contributed by atoms with E-state index in [0.29, 0.717) is 0 Å². The molecule has 6 nitrogen and oxygen atoms in total. The summed E-state index contributed by atoms with van der Waals surface area (Å²) >= 11 is 0. The second kappa shape index (κ2) is 4.28. The summed E-state index contributed by atoms with van der Waals surface area (Å²) in [5, 5.41) is -5.71. The lowest BCUT2D eigenvalue weighted by Gasteiger charge is -2.25. The van der Waals surface area contributed by atoms with Crippen molar-refractivity contribution in [1.82, 2.24) is 0 Å². The van der Waals surface area contributed by atoms with Crippen LogP contribution < -0.4 is 0 Å². The van der Waals surface area contributed by atoms with Crippen LogP contribution in [0.25, 0.3) is 0 Å². The van der Waals surface area contributed by atoms with Gasteiger partial charge in [0.25, 0.3) is 6.10 Å². The summed E-state index contributed by atoms with van der Waals surface area (Å²) in [6.45, 7) is -0.319. The summed E-state index contributed by atoms with van der Waals surface area (Å²) in [5.74, 6) is -1.79. The van der Waals surface area contributed by atoms with Crippen molar-refractivity contribution in [2.24, 2.45) is 0 Å². The Morgan fingerprint density at radius 2 is 1.78 bits per heavy atom. The van der Waals surface area contributed by atoms with Crippen LogP contribution in [-0.4, -0.2) is 49.2 Å². The third-order valence-corrected chi connectivity index (χ3v) is 2.68. The van der Waals surface area contributed by atoms with Crippen LogP contribution >= 0.6 is 0 Å². The quantitative estimate of drug-likeness (QED) is 0.348. The lowest BCUT2D eigenvalue weighted by molar-refractivity contribution is -0.259. The van der Waals surface area contributed by atoms with E-state index >= 15 is 0 Å². The molecule has 1 heterocycles. The highest BCUT2D eigenvalue weighted by molar-refractivity contribution is 7.86. The first kappa shape index (κ1) is 15.0. The molecule has 0 bridgehead atoms. The van der Waals surface area contributed by atoms with Crippen molar-refractivity contribution in [3.05, 3.63) is 0 Å². The standard InChI is InChI=1S/C6H5F5O6S/c7-5(8,9)4(6(10,11)18(13,14)15)17-3(12)2-1-16-2/h2,4H,1H2,(H,13,14,15). The molecule has 1 aliphatic rings. The van der Waals surface area contributed by atoms with E-state index in [9.17, 15) is 35.2 Å². The molecular formula is C6H5F5O6S. The highest BCUT2D eigenvalue weighted by atomic mass is 32.2. The van der Waals surface area contributed by atoms with Gasteiger partial charge < -0.3 is 9.47 Å². The number of rotatable bonds is 4. The van der Waals surface area contributed by atoms with Crippen molar-refractivity contribution in [1.29, 1.82) is 0 Å². The monoisotopic (exact) mass is 300 g/mol. The molecule has 0 spiro atoms. The molecule has 1 N–H and O–H groups in total. The molecule has 0 aromatic carbocycles. The van der Waals surface area contributed by atoms with Crippen molar-refractivity contribution in [2.45, 2.75) is 23.6 Å². The van der Waals surface area contributed by atoms with Crippen LogP contribution in [0.2, 0.25) is 0 Å². The molecule has 0 saturated carbocycles. The van der Waals surface area contributed by atoms with E-state index in [4.69, 9.17) is 4.55 Å². The van der Waals surface area contributed by atoms with Gasteiger partial charge >= 0.3 is 27.5 Å². The molecule has 0 radical (unpaired) electrons. The van der Waals surface area contributed by atoms with Crippen molar-refractivity contribution in [2.75, 3.05) is 6.61 Å². The third kappa shape index (κ3) is 3.05. The fourth-order valence-corrected chi connectivity index (χ4v) is 1.29. The van der Waals surface area contributed by atoms with Gasteiger partial charge in [-0.3, -0.25) is 4.55 Å². The number of epoxide rings is 1. The summed E-state index contributed by atoms with van der Waals surface area (Å²) in [6, 6.07) is 0. The van der Waals surface area contributed by atoms with Crippen LogP contribution in [0.3, 0.4) is 0 Å². The Hall–Kier alpha value is -1.01. The predicted octanol–water partition coefficient (Wildman–Crippen LogP) is 0.340. The van der Waals surface area contributed by atoms with Gasteiger partial charge in [-0.15, -0.1) is 0 Å². The van der Waals surface area contributed by atoms with Crippen LogP contribution in [0.15, 0.2) is 0 Å². The number of carbonyl (C=O) groups excluding carboxylic acids is 1. The van der Waals surface area contributed by atoms with Crippen LogP contribution in [0.1, 0.15) is 0 Å². The predicted molar refractivity (Wildman–Crippen MR) is 42.2 cm³/mol. The molecule has 106 valence electrons. The third-order valence-electron chi connectivity index (χ3n) is 1.78. The van der Waals surface area contributed by atoms with E-state index in [-0.39, 0.29) is 6.61 Å². The van der Waals surface area contributed by atoms with E-state index in [1.807, 2.05) is 0 Å². The number of hydrogen-bond donors (Lipinski definition) is 1. The van der Waals surface area contributed by atoms with Gasteiger partial charge in [-0.05, 0) is 0 Å². The zero-order valence-electron chi connectivity index (χ0n) is 8.15. The van der Waals surface area contributed by atoms with Crippen LogP contribution in [-0.2, 0) is 24.4 Å². The maximum atomic E-state index is 12.9. The minimum atomic E-state index is -6.41. The van der Waals surface area contributed by atoms with Gasteiger partial charge in [0, 0.05) is 0 Å². The van der Waals surface area contributed by atoms with Crippen molar-refractivity contribution >= 4 is 16.1 Å². The lowest BCUT2D eigenvalue weighted by Crippen LogP contribution is -2.52. The largest absolute Gasteiger partial charge is 0.443 e. The van der Waals surface area contributed by atoms with Crippen molar-refractivity contribution in [3.63, 3.8) is 0 Å². The Labute approximate surface area is 96.4 Å². The zero-order chi connectivity index (χ0) is 14.4. The summed E-state index contributed by atoms with van der Waals surface area (Å²) < 4.78 is 98.3. The zero-order valence-corrected chi connectivity index (χ0v) is 8.96. The first-order chi connectivity index (χ1) is 7.87. The minimum absolute atomic E-state index is 0.319. The van der Waals surface area contributed by atoms with Crippen LogP contribution in [0, 0.1) is 0 Å². The highest BCUT2D eigenvalue weighted by Gasteiger charge is 2.66. The molecule has 1 fully saturated rings. The summed E-state index contributed by atoms with van der Waals surface area (Å²) in [4.78, 5) is 10.8. The van der Waals surface area contributed by atoms with Crippen LogP contribution in [0.5, 0.6) is 0 Å². The number of hydrogen-bond acceptors (Lipinski definition) is 5. The van der Waals surface area contributed by atoms with E-state index in [1.54, 1.807) is 0 Å². The molecule has 18 heavy (non-hydrogen) atoms. The number of ether oxygens (including phenoxy) is 2. The van der Waals surface area contributed by atoms with Gasteiger partial charge in [0.15, 0.2) is 6.10 Å². The average Bonchev–Trinajstić information content (AvgIpc) is 2.92. The van der Waals surface area contributed by atoms with Gasteiger partial charge in [0.2, 0.25) is 0 Å². The molecule has 1 saturated heterocycles. The smallest absolute Gasteiger partial charge is 0.432 e. The molecular weight excluding hydrogens is 295 g/mol. The second-order valence-electron chi connectivity index (χ2n) is 3.22. The van der Waals surface area contributed by atoms with Crippen molar-refractivity contribution in [3.8, 4) is 0 Å². The minimum Gasteiger partial charge on any atom is -0.443 e. The molecule has 2 atom stereocenters. The Bertz CT molecular complexity index is 438. The Morgan fingerprint density at radius 1 is 1.33 bits per heavy atom. The van der Waals surface area contributed by atoms with E-state index in [0.717, 1.165) is 0 Å². The molecule has 2 unspecified atom stereocenters. The SMILES string of the molecule is O=C(OC(C(F)(F)F)C(F)(F)S(=O)(=O)O)C1CO1. The molecule has 0 amide bonds. The maximum Gasteiger partial charge on any atom is 0.432 e. The average molecular weight is 300 g/mol. The number of halogens is 5. The maximum absolute atomic E-state index is 12.9. The van der Waals surface area contributed by atoms with Crippen molar-refractivity contribution < 1.29 is 49.2 Å². The lowest BCUT2D eigenvalue weighted by atomic mass is 10.3. The fraction of sp³-hybridized carbons (Fsp3) is 0.833. The van der Waals surface area contributed by atoms with E-state index in [1.165, 1.54) is 0 Å². The Morgan fingerprint density at radius 3 is 2.06 bits per heavy atom. The van der Waals surface area contributed by atoms with Gasteiger partial charge in [0.1, 0.15) is 0 Å². The Kier molecular flexibility index (Phi) is 3.57. The normalized spacial score (nSPS) is 22.4. The van der Waals surface area contributed by atoms with E-state index < -0.39 is 39.7 Å². The molecule has 1 aliphatic heterocycles. The molecule has 0 aromatic rings. The van der Waals surface area contributed by atoms with Gasteiger partial charge in [0.05, 0.1) is 6.61 Å². The van der Waals surface area contributed by atoms with Gasteiger partial charge in [-0.2, -0.15) is 30.4 Å². The van der Waals surface area contributed by atoms with Crippen LogP contribution in [0.4, 0.5) is 22.0 Å². The number of esters is 1. The Balaban J connectivity index is 3.02. The topological polar surface area (TPSA) is 93.2 Å². The molecule has 0 aromatic heterocycles. The fourth-order valence-electron chi connectivity index (χ4n) is 0.837.